The van der Waals surface area contributed by atoms with E-state index in [4.69, 9.17) is 9.47 Å². The number of rotatable bonds is 3. The summed E-state index contributed by atoms with van der Waals surface area (Å²) in [6, 6.07) is 15.4. The van der Waals surface area contributed by atoms with Crippen LogP contribution in [-0.4, -0.2) is 23.9 Å². The van der Waals surface area contributed by atoms with Crippen molar-refractivity contribution < 1.29 is 14.6 Å². The predicted molar refractivity (Wildman–Crippen MR) is 80.2 cm³/mol. The number of fused-ring (bicyclic) bond motifs is 1. The molecule has 0 radical (unpaired) electrons. The van der Waals surface area contributed by atoms with Crippen molar-refractivity contribution in [1.29, 1.82) is 0 Å². The van der Waals surface area contributed by atoms with Gasteiger partial charge in [0.2, 0.25) is 0 Å². The Kier molecular flexibility index (Phi) is 3.94. The van der Waals surface area contributed by atoms with Crippen LogP contribution in [0.5, 0.6) is 11.5 Å². The van der Waals surface area contributed by atoms with E-state index in [1.165, 1.54) is 0 Å². The molecule has 1 N–H and O–H groups in total. The molecule has 104 valence electrons. The molecule has 2 atom stereocenters. The summed E-state index contributed by atoms with van der Waals surface area (Å²) >= 11 is 3.40. The van der Waals surface area contributed by atoms with E-state index in [0.29, 0.717) is 18.8 Å². The Morgan fingerprint density at radius 3 is 2.55 bits per heavy atom. The van der Waals surface area contributed by atoms with Crippen LogP contribution in [0, 0.1) is 0 Å². The summed E-state index contributed by atoms with van der Waals surface area (Å²) in [5, 5.41) is 10.3. The van der Waals surface area contributed by atoms with Gasteiger partial charge in [0.05, 0.1) is 6.10 Å². The number of ether oxygens (including phenoxy) is 2. The second kappa shape index (κ2) is 5.85. The molecule has 1 aliphatic heterocycles. The molecule has 1 aliphatic rings. The Bertz CT molecular complexity index is 583. The smallest absolute Gasteiger partial charge is 0.161 e. The minimum atomic E-state index is -0.593. The lowest BCUT2D eigenvalue weighted by Gasteiger charge is -2.29. The highest BCUT2D eigenvalue weighted by Gasteiger charge is 2.27. The first-order valence-electron chi connectivity index (χ1n) is 6.53. The van der Waals surface area contributed by atoms with Gasteiger partial charge in [0.15, 0.2) is 17.6 Å². The van der Waals surface area contributed by atoms with Gasteiger partial charge >= 0.3 is 0 Å². The number of benzene rings is 2. The van der Waals surface area contributed by atoms with Crippen LogP contribution in [0.4, 0.5) is 0 Å². The van der Waals surface area contributed by atoms with Crippen LogP contribution >= 0.6 is 15.9 Å². The Morgan fingerprint density at radius 1 is 1.10 bits per heavy atom. The third kappa shape index (κ3) is 2.97. The first-order chi connectivity index (χ1) is 9.72. The topological polar surface area (TPSA) is 38.7 Å². The van der Waals surface area contributed by atoms with Gasteiger partial charge in [-0.15, -0.1) is 0 Å². The van der Waals surface area contributed by atoms with E-state index >= 15 is 0 Å². The highest BCUT2D eigenvalue weighted by Crippen LogP contribution is 2.32. The van der Waals surface area contributed by atoms with E-state index in [1.54, 1.807) is 0 Å². The van der Waals surface area contributed by atoms with Crippen LogP contribution in [-0.2, 0) is 6.42 Å². The minimum absolute atomic E-state index is 0.339. The van der Waals surface area contributed by atoms with Crippen LogP contribution in [0.15, 0.2) is 53.0 Å². The lowest BCUT2D eigenvalue weighted by Crippen LogP contribution is -2.40. The van der Waals surface area contributed by atoms with Crippen LogP contribution in [0.3, 0.4) is 0 Å². The molecule has 3 nitrogen and oxygen atoms in total. The van der Waals surface area contributed by atoms with Crippen molar-refractivity contribution >= 4 is 15.9 Å². The average Bonchev–Trinajstić information content (AvgIpc) is 2.49. The van der Waals surface area contributed by atoms with Gasteiger partial charge in [-0.3, -0.25) is 0 Å². The zero-order chi connectivity index (χ0) is 13.9. The molecule has 2 unspecified atom stereocenters. The summed E-state index contributed by atoms with van der Waals surface area (Å²) < 4.78 is 12.5. The van der Waals surface area contributed by atoms with Crippen molar-refractivity contribution in [2.45, 2.75) is 18.6 Å². The molecule has 3 rings (SSSR count). The summed E-state index contributed by atoms with van der Waals surface area (Å²) in [6.45, 7) is 0.370. The van der Waals surface area contributed by atoms with Crippen molar-refractivity contribution in [3.05, 3.63) is 58.6 Å². The highest BCUT2D eigenvalue weighted by atomic mass is 79.9. The van der Waals surface area contributed by atoms with Crippen molar-refractivity contribution in [2.24, 2.45) is 0 Å². The number of aliphatic hydroxyl groups excluding tert-OH is 1. The van der Waals surface area contributed by atoms with Gasteiger partial charge in [-0.1, -0.05) is 40.2 Å². The number of aliphatic hydroxyl groups is 1. The third-order valence-corrected chi connectivity index (χ3v) is 3.85. The SMILES string of the molecule is OC(Cc1ccc(Br)cc1)C1COc2ccccc2O1. The Morgan fingerprint density at radius 2 is 1.80 bits per heavy atom. The lowest BCUT2D eigenvalue weighted by atomic mass is 10.0. The molecular weight excluding hydrogens is 320 g/mol. The molecule has 0 saturated carbocycles. The zero-order valence-electron chi connectivity index (χ0n) is 10.8. The number of halogens is 1. The molecule has 0 aromatic heterocycles. The van der Waals surface area contributed by atoms with E-state index in [2.05, 4.69) is 15.9 Å². The fraction of sp³-hybridized carbons (Fsp3) is 0.250. The molecule has 0 fully saturated rings. The van der Waals surface area contributed by atoms with Crippen molar-refractivity contribution in [3.63, 3.8) is 0 Å². The number of para-hydroxylation sites is 2. The Labute approximate surface area is 126 Å². The van der Waals surface area contributed by atoms with Gasteiger partial charge in [-0.05, 0) is 29.8 Å². The van der Waals surface area contributed by atoms with E-state index in [-0.39, 0.29) is 6.10 Å². The van der Waals surface area contributed by atoms with Gasteiger partial charge in [-0.25, -0.2) is 0 Å². The standard InChI is InChI=1S/C16H15BrO3/c17-12-7-5-11(6-8-12)9-13(18)16-10-19-14-3-1-2-4-15(14)20-16/h1-8,13,16,18H,9-10H2. The fourth-order valence-corrected chi connectivity index (χ4v) is 2.48. The number of hydrogen-bond acceptors (Lipinski definition) is 3. The molecule has 2 aromatic rings. The summed E-state index contributed by atoms with van der Waals surface area (Å²) in [5.74, 6) is 1.43. The Balaban J connectivity index is 1.67. The van der Waals surface area contributed by atoms with E-state index < -0.39 is 6.10 Å². The molecule has 0 amide bonds. The molecule has 4 heteroatoms. The van der Waals surface area contributed by atoms with Crippen molar-refractivity contribution in [2.75, 3.05) is 6.61 Å². The predicted octanol–water partition coefficient (Wildman–Crippen LogP) is 3.19. The maximum absolute atomic E-state index is 10.3. The first-order valence-corrected chi connectivity index (χ1v) is 7.32. The number of hydrogen-bond donors (Lipinski definition) is 1. The molecule has 0 bridgehead atoms. The van der Waals surface area contributed by atoms with Crippen molar-refractivity contribution in [1.82, 2.24) is 0 Å². The second-order valence-electron chi connectivity index (χ2n) is 4.81. The lowest BCUT2D eigenvalue weighted by molar-refractivity contribution is -0.00941. The molecule has 1 heterocycles. The highest BCUT2D eigenvalue weighted by molar-refractivity contribution is 9.10. The quantitative estimate of drug-likeness (QED) is 0.936. The maximum atomic E-state index is 10.3. The summed E-state index contributed by atoms with van der Waals surface area (Å²) in [5.41, 5.74) is 1.07. The third-order valence-electron chi connectivity index (χ3n) is 3.32. The van der Waals surface area contributed by atoms with Gasteiger partial charge in [-0.2, -0.15) is 0 Å². The largest absolute Gasteiger partial charge is 0.486 e. The molecule has 20 heavy (non-hydrogen) atoms. The molecular formula is C16H15BrO3. The Hall–Kier alpha value is -1.52. The van der Waals surface area contributed by atoms with Crippen LogP contribution < -0.4 is 9.47 Å². The first kappa shape index (κ1) is 13.5. The maximum Gasteiger partial charge on any atom is 0.161 e. The van der Waals surface area contributed by atoms with Gasteiger partial charge < -0.3 is 14.6 Å². The van der Waals surface area contributed by atoms with Gasteiger partial charge in [0.1, 0.15) is 6.61 Å². The van der Waals surface area contributed by atoms with Gasteiger partial charge in [0, 0.05) is 10.9 Å². The minimum Gasteiger partial charge on any atom is -0.486 e. The normalized spacial score (nSPS) is 18.6. The average molecular weight is 335 g/mol. The molecule has 0 spiro atoms. The van der Waals surface area contributed by atoms with Crippen LogP contribution in [0.1, 0.15) is 5.56 Å². The monoisotopic (exact) mass is 334 g/mol. The fourth-order valence-electron chi connectivity index (χ4n) is 2.22. The summed E-state index contributed by atoms with van der Waals surface area (Å²) in [7, 11) is 0. The van der Waals surface area contributed by atoms with Crippen molar-refractivity contribution in [3.8, 4) is 11.5 Å². The summed E-state index contributed by atoms with van der Waals surface area (Å²) in [4.78, 5) is 0. The molecule has 2 aromatic carbocycles. The van der Waals surface area contributed by atoms with Crippen LogP contribution in [0.2, 0.25) is 0 Å². The van der Waals surface area contributed by atoms with E-state index in [1.807, 2.05) is 48.5 Å². The zero-order valence-corrected chi connectivity index (χ0v) is 12.4. The van der Waals surface area contributed by atoms with E-state index in [9.17, 15) is 5.11 Å². The molecule has 0 saturated heterocycles. The van der Waals surface area contributed by atoms with Crippen LogP contribution in [0.25, 0.3) is 0 Å². The van der Waals surface area contributed by atoms with E-state index in [0.717, 1.165) is 15.8 Å². The molecule has 0 aliphatic carbocycles. The summed E-state index contributed by atoms with van der Waals surface area (Å²) in [6.07, 6.45) is -0.387. The van der Waals surface area contributed by atoms with Gasteiger partial charge in [0.25, 0.3) is 0 Å². The second-order valence-corrected chi connectivity index (χ2v) is 5.73.